The van der Waals surface area contributed by atoms with Gasteiger partial charge in [-0.05, 0) is 30.6 Å². The van der Waals surface area contributed by atoms with Crippen LogP contribution in [0.1, 0.15) is 61.3 Å². The fraction of sp³-hybridized carbons (Fsp3) is 1.00. The summed E-state index contributed by atoms with van der Waals surface area (Å²) in [5.41, 5.74) is 0. The van der Waals surface area contributed by atoms with Gasteiger partial charge in [-0.2, -0.15) is 0 Å². The first-order chi connectivity index (χ1) is 5.06. The lowest BCUT2D eigenvalue weighted by atomic mass is 9.89. The predicted molar refractivity (Wildman–Crippen MR) is 59.4 cm³/mol. The molecule has 2 atom stereocenters. The second-order valence-electron chi connectivity index (χ2n) is 4.48. The highest BCUT2D eigenvalue weighted by Gasteiger charge is 2.08. The van der Waals surface area contributed by atoms with E-state index in [4.69, 9.17) is 0 Å². The van der Waals surface area contributed by atoms with Crippen LogP contribution in [0.15, 0.2) is 0 Å². The topological polar surface area (TPSA) is 0 Å². The molecule has 0 aliphatic heterocycles. The van der Waals surface area contributed by atoms with Gasteiger partial charge in [-0.25, -0.2) is 0 Å². The van der Waals surface area contributed by atoms with E-state index in [1.807, 2.05) is 0 Å². The molecule has 0 bridgehead atoms. The molecule has 0 aromatic rings. The minimum absolute atomic E-state index is 0. The summed E-state index contributed by atoms with van der Waals surface area (Å²) >= 11 is 0. The van der Waals surface area contributed by atoms with E-state index in [1.54, 1.807) is 0 Å². The molecule has 0 saturated carbocycles. The summed E-state index contributed by atoms with van der Waals surface area (Å²) in [6.07, 6.45) is 4.14. The minimum Gasteiger partial charge on any atom is -0.0776 e. The highest BCUT2D eigenvalue weighted by atomic mass is 14.1. The van der Waals surface area contributed by atoms with Crippen LogP contribution < -0.4 is 0 Å². The van der Waals surface area contributed by atoms with Crippen molar-refractivity contribution in [2.75, 3.05) is 0 Å². The lowest BCUT2D eigenvalue weighted by molar-refractivity contribution is 0.350. The van der Waals surface area contributed by atoms with E-state index in [0.717, 1.165) is 17.8 Å². The van der Waals surface area contributed by atoms with Gasteiger partial charge in [0.25, 0.3) is 0 Å². The van der Waals surface area contributed by atoms with Crippen LogP contribution in [0.3, 0.4) is 0 Å². The number of hydrogen-bond donors (Lipinski definition) is 0. The fourth-order valence-corrected chi connectivity index (χ4v) is 1.75. The van der Waals surface area contributed by atoms with E-state index in [9.17, 15) is 0 Å². The Morgan fingerprint density at radius 3 is 1.67 bits per heavy atom. The molecule has 0 saturated heterocycles. The van der Waals surface area contributed by atoms with Crippen molar-refractivity contribution in [3.8, 4) is 0 Å². The van der Waals surface area contributed by atoms with Crippen molar-refractivity contribution in [3.63, 3.8) is 0 Å². The molecule has 0 radical (unpaired) electrons. The van der Waals surface area contributed by atoms with Gasteiger partial charge in [0.05, 0.1) is 0 Å². The Morgan fingerprint density at radius 2 is 1.33 bits per heavy atom. The normalized spacial score (nSPS) is 15.5. The molecule has 2 unspecified atom stereocenters. The lowest BCUT2D eigenvalue weighted by Crippen LogP contribution is -2.05. The van der Waals surface area contributed by atoms with Crippen LogP contribution in [0.5, 0.6) is 0 Å². The maximum atomic E-state index is 2.38. The van der Waals surface area contributed by atoms with Gasteiger partial charge < -0.3 is 0 Å². The third kappa shape index (κ3) is 8.10. The quantitative estimate of drug-likeness (QED) is 0.562. The summed E-state index contributed by atoms with van der Waals surface area (Å²) in [4.78, 5) is 0. The fourth-order valence-electron chi connectivity index (χ4n) is 1.75. The Kier molecular flexibility index (Phi) is 9.24. The van der Waals surface area contributed by atoms with E-state index >= 15 is 0 Å². The third-order valence-electron chi connectivity index (χ3n) is 2.38. The Balaban J connectivity index is 0. The Hall–Kier alpha value is 0. The summed E-state index contributed by atoms with van der Waals surface area (Å²) in [5.74, 6) is 2.71. The molecule has 0 aromatic carbocycles. The molecule has 0 amide bonds. The molecule has 0 spiro atoms. The molecule has 0 heteroatoms. The zero-order chi connectivity index (χ0) is 8.85. The van der Waals surface area contributed by atoms with Crippen LogP contribution >= 0.6 is 0 Å². The first-order valence-corrected chi connectivity index (χ1v) is 5.06. The molecule has 12 heavy (non-hydrogen) atoms. The molecular formula is C12H28. The van der Waals surface area contributed by atoms with Gasteiger partial charge in [-0.3, -0.25) is 0 Å². The Morgan fingerprint density at radius 1 is 0.833 bits per heavy atom. The van der Waals surface area contributed by atoms with Crippen molar-refractivity contribution in [2.24, 2.45) is 17.8 Å². The van der Waals surface area contributed by atoms with Gasteiger partial charge in [0.1, 0.15) is 0 Å². The van der Waals surface area contributed by atoms with Crippen LogP contribution in [0.2, 0.25) is 0 Å². The maximum Gasteiger partial charge on any atom is -0.0438 e. The molecule has 76 valence electrons. The Labute approximate surface area is 79.8 Å². The van der Waals surface area contributed by atoms with Crippen molar-refractivity contribution in [2.45, 2.75) is 61.3 Å². The van der Waals surface area contributed by atoms with Crippen molar-refractivity contribution in [3.05, 3.63) is 0 Å². The van der Waals surface area contributed by atoms with Crippen molar-refractivity contribution >= 4 is 0 Å². The van der Waals surface area contributed by atoms with Crippen LogP contribution in [-0.4, -0.2) is 0 Å². The first kappa shape index (κ1) is 14.5. The minimum atomic E-state index is 0. The molecule has 0 aliphatic rings. The van der Waals surface area contributed by atoms with Gasteiger partial charge in [0.2, 0.25) is 0 Å². The summed E-state index contributed by atoms with van der Waals surface area (Å²) in [7, 11) is 0. The standard InChI is InChI=1S/C11H24.CH4/c1-6-10(4)8-11(5)7-9(2)3;/h9-11H,6-8H2,1-5H3;1H4. The van der Waals surface area contributed by atoms with E-state index in [2.05, 4.69) is 34.6 Å². The van der Waals surface area contributed by atoms with E-state index in [0.29, 0.717) is 0 Å². The number of hydrogen-bond acceptors (Lipinski definition) is 0. The van der Waals surface area contributed by atoms with Gasteiger partial charge in [0.15, 0.2) is 0 Å². The summed E-state index contributed by atoms with van der Waals surface area (Å²) in [5, 5.41) is 0. The molecule has 0 heterocycles. The first-order valence-electron chi connectivity index (χ1n) is 5.06. The van der Waals surface area contributed by atoms with Crippen molar-refractivity contribution < 1.29 is 0 Å². The molecule has 0 aromatic heterocycles. The average Bonchev–Trinajstić information content (AvgIpc) is 1.85. The Bertz CT molecular complexity index is 84.0. The van der Waals surface area contributed by atoms with Crippen LogP contribution in [0.25, 0.3) is 0 Å². The van der Waals surface area contributed by atoms with Crippen molar-refractivity contribution in [1.29, 1.82) is 0 Å². The molecule has 0 N–H and O–H groups in total. The van der Waals surface area contributed by atoms with E-state index < -0.39 is 0 Å². The third-order valence-corrected chi connectivity index (χ3v) is 2.38. The monoisotopic (exact) mass is 172 g/mol. The van der Waals surface area contributed by atoms with E-state index in [1.165, 1.54) is 19.3 Å². The zero-order valence-corrected chi connectivity index (χ0v) is 8.85. The average molecular weight is 172 g/mol. The summed E-state index contributed by atoms with van der Waals surface area (Å²) in [6, 6.07) is 0. The maximum absolute atomic E-state index is 2.38. The molecule has 0 aliphatic carbocycles. The van der Waals surface area contributed by atoms with Gasteiger partial charge in [-0.15, -0.1) is 0 Å². The zero-order valence-electron chi connectivity index (χ0n) is 8.85. The van der Waals surface area contributed by atoms with Crippen LogP contribution in [-0.2, 0) is 0 Å². The van der Waals surface area contributed by atoms with Gasteiger partial charge in [0, 0.05) is 0 Å². The van der Waals surface area contributed by atoms with Crippen molar-refractivity contribution in [1.82, 2.24) is 0 Å². The second-order valence-corrected chi connectivity index (χ2v) is 4.48. The highest BCUT2D eigenvalue weighted by molar-refractivity contribution is 4.60. The van der Waals surface area contributed by atoms with Crippen LogP contribution in [0.4, 0.5) is 0 Å². The molecule has 0 fully saturated rings. The summed E-state index contributed by atoms with van der Waals surface area (Å²) < 4.78 is 0. The predicted octanol–water partition coefficient (Wildman–Crippen LogP) is 4.74. The highest BCUT2D eigenvalue weighted by Crippen LogP contribution is 2.20. The molecular weight excluding hydrogens is 144 g/mol. The SMILES string of the molecule is C.CCC(C)CC(C)CC(C)C. The molecule has 0 nitrogen and oxygen atoms in total. The van der Waals surface area contributed by atoms with Crippen LogP contribution in [0, 0.1) is 17.8 Å². The second kappa shape index (κ2) is 7.64. The largest absolute Gasteiger partial charge is 0.0776 e. The van der Waals surface area contributed by atoms with Gasteiger partial charge in [-0.1, -0.05) is 48.5 Å². The van der Waals surface area contributed by atoms with Gasteiger partial charge >= 0.3 is 0 Å². The molecule has 0 rings (SSSR count). The lowest BCUT2D eigenvalue weighted by Gasteiger charge is -2.17. The number of rotatable bonds is 5. The van der Waals surface area contributed by atoms with E-state index in [-0.39, 0.29) is 7.43 Å². The smallest absolute Gasteiger partial charge is 0.0438 e. The summed E-state index contributed by atoms with van der Waals surface area (Å²) in [6.45, 7) is 11.6.